The molecular formula is C64H102NO8+. The molecule has 0 aliphatic heterocycles. The molecule has 9 nitrogen and oxygen atoms in total. The molecular weight excluding hydrogens is 911 g/mol. The van der Waals surface area contributed by atoms with Crippen molar-refractivity contribution in [3.63, 3.8) is 0 Å². The molecule has 0 radical (unpaired) electrons. The number of nitrogens with zero attached hydrogens (tertiary/aromatic N) is 1. The highest BCUT2D eigenvalue weighted by Gasteiger charge is 2.25. The van der Waals surface area contributed by atoms with Crippen molar-refractivity contribution in [1.82, 2.24) is 0 Å². The number of esters is 2. The lowest BCUT2D eigenvalue weighted by Gasteiger charge is -2.25. The van der Waals surface area contributed by atoms with Gasteiger partial charge in [-0.2, -0.15) is 0 Å². The van der Waals surface area contributed by atoms with E-state index in [0.717, 1.165) is 141 Å². The molecule has 1 N–H and O–H groups in total. The fourth-order valence-electron chi connectivity index (χ4n) is 6.84. The number of rotatable bonds is 49. The van der Waals surface area contributed by atoms with Crippen LogP contribution in [0.5, 0.6) is 0 Å². The van der Waals surface area contributed by atoms with Crippen LogP contribution in [-0.4, -0.2) is 87.4 Å². The second-order valence-corrected chi connectivity index (χ2v) is 19.1. The molecule has 2 unspecified atom stereocenters. The van der Waals surface area contributed by atoms with Gasteiger partial charge in [-0.3, -0.25) is 9.59 Å². The summed E-state index contributed by atoms with van der Waals surface area (Å²) in [6.07, 6.45) is 74.9. The molecule has 0 heterocycles. The normalized spacial score (nSPS) is 13.9. The molecule has 73 heavy (non-hydrogen) atoms. The zero-order chi connectivity index (χ0) is 53.4. The third-order valence-corrected chi connectivity index (χ3v) is 11.1. The Morgan fingerprint density at radius 3 is 1.10 bits per heavy atom. The predicted molar refractivity (Wildman–Crippen MR) is 308 cm³/mol. The largest absolute Gasteiger partial charge is 0.477 e. The van der Waals surface area contributed by atoms with Gasteiger partial charge in [0.1, 0.15) is 13.2 Å². The number of carbonyl (C=O) groups excluding carboxylic acids is 2. The highest BCUT2D eigenvalue weighted by atomic mass is 16.7. The van der Waals surface area contributed by atoms with Gasteiger partial charge in [0.2, 0.25) is 0 Å². The minimum Gasteiger partial charge on any atom is -0.477 e. The zero-order valence-electron chi connectivity index (χ0n) is 46.5. The summed E-state index contributed by atoms with van der Waals surface area (Å²) in [6, 6.07) is 0. The molecule has 2 atom stereocenters. The third-order valence-electron chi connectivity index (χ3n) is 11.1. The summed E-state index contributed by atoms with van der Waals surface area (Å²) in [4.78, 5) is 37.4. The van der Waals surface area contributed by atoms with Gasteiger partial charge in [-0.15, -0.1) is 0 Å². The summed E-state index contributed by atoms with van der Waals surface area (Å²) >= 11 is 0. The van der Waals surface area contributed by atoms with Crippen LogP contribution in [-0.2, 0) is 33.3 Å². The number of ether oxygens (including phenoxy) is 4. The molecule has 0 bridgehead atoms. The first-order chi connectivity index (χ1) is 35.6. The molecule has 0 saturated heterocycles. The lowest BCUT2D eigenvalue weighted by Crippen LogP contribution is -2.40. The van der Waals surface area contributed by atoms with Crippen molar-refractivity contribution < 1.29 is 42.9 Å². The van der Waals surface area contributed by atoms with Crippen LogP contribution in [0.2, 0.25) is 0 Å². The number of hydrogen-bond acceptors (Lipinski definition) is 7. The summed E-state index contributed by atoms with van der Waals surface area (Å²) < 4.78 is 22.8. The molecule has 0 aromatic heterocycles. The van der Waals surface area contributed by atoms with Gasteiger partial charge < -0.3 is 28.5 Å². The maximum Gasteiger partial charge on any atom is 0.361 e. The minimum atomic E-state index is -1.53. The first-order valence-electron chi connectivity index (χ1n) is 28.0. The van der Waals surface area contributed by atoms with E-state index < -0.39 is 24.3 Å². The van der Waals surface area contributed by atoms with Crippen LogP contribution < -0.4 is 0 Å². The maximum absolute atomic E-state index is 12.9. The van der Waals surface area contributed by atoms with E-state index in [9.17, 15) is 19.5 Å². The number of quaternary nitrogens is 1. The Balaban J connectivity index is 4.36. The highest BCUT2D eigenvalue weighted by molar-refractivity contribution is 5.71. The second kappa shape index (κ2) is 53.5. The van der Waals surface area contributed by atoms with Crippen LogP contribution in [0.3, 0.4) is 0 Å². The van der Waals surface area contributed by atoms with E-state index >= 15 is 0 Å². The second-order valence-electron chi connectivity index (χ2n) is 19.1. The molecule has 410 valence electrons. The van der Waals surface area contributed by atoms with Crippen molar-refractivity contribution >= 4 is 17.9 Å². The molecule has 0 aromatic carbocycles. The van der Waals surface area contributed by atoms with Gasteiger partial charge in [0, 0.05) is 12.8 Å². The number of allylic oxidation sites excluding steroid dienone is 24. The van der Waals surface area contributed by atoms with Crippen molar-refractivity contribution in [3.8, 4) is 0 Å². The number of carboxylic acids is 1. The van der Waals surface area contributed by atoms with Gasteiger partial charge in [0.05, 0.1) is 34.4 Å². The van der Waals surface area contributed by atoms with E-state index in [4.69, 9.17) is 18.9 Å². The van der Waals surface area contributed by atoms with Gasteiger partial charge >= 0.3 is 17.9 Å². The third kappa shape index (κ3) is 54.8. The van der Waals surface area contributed by atoms with Crippen molar-refractivity contribution in [1.29, 1.82) is 0 Å². The average molecular weight is 1010 g/mol. The summed E-state index contributed by atoms with van der Waals surface area (Å²) in [5.41, 5.74) is 0. The molecule has 0 aliphatic carbocycles. The van der Waals surface area contributed by atoms with Crippen LogP contribution in [0.4, 0.5) is 0 Å². The van der Waals surface area contributed by atoms with Crippen molar-refractivity contribution in [2.45, 2.75) is 193 Å². The quantitative estimate of drug-likeness (QED) is 0.0211. The Morgan fingerprint density at radius 2 is 0.740 bits per heavy atom. The van der Waals surface area contributed by atoms with Gasteiger partial charge in [0.15, 0.2) is 6.10 Å². The van der Waals surface area contributed by atoms with E-state index in [1.54, 1.807) is 0 Å². The monoisotopic (exact) mass is 1010 g/mol. The lowest BCUT2D eigenvalue weighted by atomic mass is 10.1. The number of unbranched alkanes of at least 4 members (excludes halogenated alkanes) is 10. The number of likely N-dealkylation sites (N-methyl/N-ethyl adjacent to an activating group) is 1. The Morgan fingerprint density at radius 1 is 0.411 bits per heavy atom. The maximum atomic E-state index is 12.9. The fraction of sp³-hybridized carbons (Fsp3) is 0.578. The van der Waals surface area contributed by atoms with Crippen molar-refractivity contribution in [2.75, 3.05) is 47.5 Å². The Kier molecular flexibility index (Phi) is 49.9. The first-order valence-corrected chi connectivity index (χ1v) is 28.0. The van der Waals surface area contributed by atoms with Crippen LogP contribution in [0, 0.1) is 0 Å². The zero-order valence-corrected chi connectivity index (χ0v) is 46.5. The van der Waals surface area contributed by atoms with E-state index in [0.29, 0.717) is 23.9 Å². The Hall–Kier alpha value is -4.83. The summed E-state index contributed by atoms with van der Waals surface area (Å²) in [6.45, 7) is 4.57. The van der Waals surface area contributed by atoms with Crippen LogP contribution in [0.15, 0.2) is 146 Å². The van der Waals surface area contributed by atoms with Crippen LogP contribution >= 0.6 is 0 Å². The van der Waals surface area contributed by atoms with Crippen LogP contribution in [0.25, 0.3) is 0 Å². The summed E-state index contributed by atoms with van der Waals surface area (Å²) in [7, 11) is 5.94. The number of carbonyl (C=O) groups is 3. The van der Waals surface area contributed by atoms with Gasteiger partial charge in [-0.05, 0) is 116 Å². The number of carboxylic acid groups (broad SMARTS) is 1. The highest BCUT2D eigenvalue weighted by Crippen LogP contribution is 2.13. The molecule has 0 amide bonds. The number of hydrogen-bond donors (Lipinski definition) is 1. The Bertz CT molecular complexity index is 1700. The fourth-order valence-corrected chi connectivity index (χ4v) is 6.84. The Labute approximate surface area is 445 Å². The lowest BCUT2D eigenvalue weighted by molar-refractivity contribution is -0.870. The van der Waals surface area contributed by atoms with Crippen LogP contribution in [0.1, 0.15) is 181 Å². The van der Waals surface area contributed by atoms with E-state index in [2.05, 4.69) is 160 Å². The summed E-state index contributed by atoms with van der Waals surface area (Å²) in [5.74, 6) is -2.08. The van der Waals surface area contributed by atoms with E-state index in [1.165, 1.54) is 0 Å². The number of aliphatic carboxylic acids is 1. The SMILES string of the molecule is CC/C=C\C/C=C\C/C=C\C/C=C\C/C=C\C/C=C\C/C=C\C/C=C\CCCCCCCCC(=O)OC(COC(=O)CCCCCC/C=C\C/C=C\C/C=C\C/C=C\CC)COC(OCC[N+](C)(C)C)C(=O)O. The van der Waals surface area contributed by atoms with Crippen molar-refractivity contribution in [3.05, 3.63) is 146 Å². The van der Waals surface area contributed by atoms with Gasteiger partial charge in [0.25, 0.3) is 6.29 Å². The molecule has 0 fully saturated rings. The standard InChI is InChI=1S/C64H101NO8/c1-6-8-10-12-14-16-18-20-22-24-25-26-27-28-29-30-31-32-33-34-35-36-37-39-41-43-45-47-49-51-53-55-62(67)73-60(59-72-64(63(68)69)70-57-56-65(3,4)5)58-71-61(66)54-52-50-48-46-44-42-40-38-23-21-19-17-15-13-11-9-7-2/h8-11,14-17,20-23,25-26,28-29,31-32,34-35,37,39-40,42,60,64H,6-7,12-13,18-19,24,27,30,33,36,38,41,43-59H2,1-5H3/p+1/b10-8-,11-9-,16-14-,17-15-,22-20-,23-21-,26-25-,29-28-,32-31-,35-34-,39-37-,42-40-. The van der Waals surface area contributed by atoms with Gasteiger partial charge in [-0.1, -0.05) is 198 Å². The van der Waals surface area contributed by atoms with E-state index in [1.807, 2.05) is 21.1 Å². The minimum absolute atomic E-state index is 0.171. The average Bonchev–Trinajstić information content (AvgIpc) is 3.36. The topological polar surface area (TPSA) is 108 Å². The molecule has 0 aliphatic rings. The van der Waals surface area contributed by atoms with Crippen molar-refractivity contribution in [2.24, 2.45) is 0 Å². The molecule has 0 saturated carbocycles. The molecule has 0 spiro atoms. The first kappa shape index (κ1) is 68.2. The molecule has 9 heteroatoms. The summed E-state index contributed by atoms with van der Waals surface area (Å²) in [5, 5.41) is 9.69. The predicted octanol–water partition coefficient (Wildman–Crippen LogP) is 16.4. The smallest absolute Gasteiger partial charge is 0.361 e. The molecule has 0 rings (SSSR count). The van der Waals surface area contributed by atoms with E-state index in [-0.39, 0.29) is 38.6 Å². The van der Waals surface area contributed by atoms with Gasteiger partial charge in [-0.25, -0.2) is 4.79 Å². The molecule has 0 aromatic rings.